The minimum Gasteiger partial charge on any atom is -0.386 e. The summed E-state index contributed by atoms with van der Waals surface area (Å²) in [5, 5.41) is 18.0. The van der Waals surface area contributed by atoms with Crippen molar-refractivity contribution in [2.75, 3.05) is 19.6 Å². The Hall–Kier alpha value is -1.12. The van der Waals surface area contributed by atoms with E-state index in [1.807, 2.05) is 38.1 Å². The summed E-state index contributed by atoms with van der Waals surface area (Å²) < 4.78 is 1.20. The van der Waals surface area contributed by atoms with Crippen molar-refractivity contribution in [1.29, 1.82) is 0 Å². The molecule has 132 valence electrons. The molecule has 0 spiro atoms. The minimum absolute atomic E-state index is 0. The Morgan fingerprint density at radius 2 is 2.12 bits per heavy atom. The van der Waals surface area contributed by atoms with Crippen LogP contribution in [-0.4, -0.2) is 30.7 Å². The summed E-state index contributed by atoms with van der Waals surface area (Å²) in [6, 6.07) is 10.2. The van der Waals surface area contributed by atoms with Gasteiger partial charge in [-0.15, -0.1) is 35.3 Å². The smallest absolute Gasteiger partial charge is 0.191 e. The van der Waals surface area contributed by atoms with Crippen LogP contribution in [0.5, 0.6) is 0 Å². The number of rotatable bonds is 7. The molecule has 1 unspecified atom stereocenters. The molecule has 1 atom stereocenters. The summed E-state index contributed by atoms with van der Waals surface area (Å²) in [5.74, 6) is 0.747. The highest BCUT2D eigenvalue weighted by atomic mass is 127. The van der Waals surface area contributed by atoms with Crippen LogP contribution in [0.3, 0.4) is 0 Å². The maximum atomic E-state index is 10.4. The van der Waals surface area contributed by atoms with Crippen LogP contribution < -0.4 is 10.6 Å². The third kappa shape index (κ3) is 6.41. The van der Waals surface area contributed by atoms with Crippen LogP contribution in [0.2, 0.25) is 0 Å². The van der Waals surface area contributed by atoms with Crippen LogP contribution in [0.15, 0.2) is 47.5 Å². The zero-order valence-electron chi connectivity index (χ0n) is 14.2. The fourth-order valence-electron chi connectivity index (χ4n) is 2.22. The Balaban J connectivity index is 0.00000288. The van der Waals surface area contributed by atoms with Gasteiger partial charge >= 0.3 is 0 Å². The number of hydrogen-bond donors (Lipinski definition) is 3. The van der Waals surface area contributed by atoms with Gasteiger partial charge in [-0.1, -0.05) is 30.4 Å². The molecule has 0 amide bonds. The van der Waals surface area contributed by atoms with E-state index >= 15 is 0 Å². The van der Waals surface area contributed by atoms with Crippen LogP contribution in [0, 0.1) is 0 Å². The van der Waals surface area contributed by atoms with E-state index in [0.29, 0.717) is 6.54 Å². The number of aliphatic hydroxyl groups is 1. The van der Waals surface area contributed by atoms with Crippen LogP contribution >= 0.6 is 35.3 Å². The maximum Gasteiger partial charge on any atom is 0.191 e. The van der Waals surface area contributed by atoms with Gasteiger partial charge in [0.1, 0.15) is 6.10 Å². The van der Waals surface area contributed by atoms with E-state index in [0.717, 1.165) is 30.3 Å². The third-order valence-corrected chi connectivity index (χ3v) is 4.60. The highest BCUT2D eigenvalue weighted by Crippen LogP contribution is 2.29. The third-order valence-electron chi connectivity index (χ3n) is 3.38. The van der Waals surface area contributed by atoms with Crippen LogP contribution in [0.4, 0.5) is 0 Å². The van der Waals surface area contributed by atoms with Gasteiger partial charge < -0.3 is 15.7 Å². The predicted octanol–water partition coefficient (Wildman–Crippen LogP) is 4.07. The van der Waals surface area contributed by atoms with Gasteiger partial charge in [0.15, 0.2) is 5.96 Å². The first-order valence-electron chi connectivity index (χ1n) is 8.04. The quantitative estimate of drug-likeness (QED) is 0.192. The van der Waals surface area contributed by atoms with Crippen molar-refractivity contribution in [3.8, 4) is 0 Å². The highest BCUT2D eigenvalue weighted by Gasteiger charge is 2.11. The number of aliphatic hydroxyl groups excluding tert-OH is 1. The highest BCUT2D eigenvalue weighted by molar-refractivity contribution is 14.0. The number of thiophene rings is 1. The Morgan fingerprint density at radius 3 is 2.83 bits per heavy atom. The first-order chi connectivity index (χ1) is 11.2. The second-order valence-electron chi connectivity index (χ2n) is 5.21. The van der Waals surface area contributed by atoms with Crippen LogP contribution in [0.1, 0.15) is 31.2 Å². The number of hydrogen-bond acceptors (Lipinski definition) is 3. The van der Waals surface area contributed by atoms with Crippen molar-refractivity contribution in [3.05, 3.63) is 47.4 Å². The van der Waals surface area contributed by atoms with Crippen molar-refractivity contribution >= 4 is 51.4 Å². The molecule has 0 bridgehead atoms. The van der Waals surface area contributed by atoms with Gasteiger partial charge in [0, 0.05) is 22.7 Å². The molecule has 24 heavy (non-hydrogen) atoms. The number of nitrogens with zero attached hydrogens (tertiary/aromatic N) is 1. The Bertz CT molecular complexity index is 636. The van der Waals surface area contributed by atoms with Crippen molar-refractivity contribution in [3.63, 3.8) is 0 Å². The van der Waals surface area contributed by atoms with Gasteiger partial charge in [-0.3, -0.25) is 4.99 Å². The molecule has 4 nitrogen and oxygen atoms in total. The zero-order chi connectivity index (χ0) is 16.5. The Morgan fingerprint density at radius 1 is 1.33 bits per heavy atom. The van der Waals surface area contributed by atoms with Crippen molar-refractivity contribution < 1.29 is 5.11 Å². The first-order valence-corrected chi connectivity index (χ1v) is 8.86. The zero-order valence-corrected chi connectivity index (χ0v) is 17.3. The fraction of sp³-hybridized carbons (Fsp3) is 0.389. The number of nitrogens with one attached hydrogen (secondary N) is 2. The van der Waals surface area contributed by atoms with Gasteiger partial charge in [0.05, 0.1) is 6.54 Å². The Kier molecular flexibility index (Phi) is 9.97. The van der Waals surface area contributed by atoms with E-state index in [1.165, 1.54) is 10.1 Å². The van der Waals surface area contributed by atoms with E-state index in [9.17, 15) is 5.11 Å². The molecule has 0 aliphatic rings. The molecule has 0 fully saturated rings. The molecular weight excluding hydrogens is 433 g/mol. The minimum atomic E-state index is -0.571. The number of aliphatic imine (C=N–C) groups is 1. The van der Waals surface area contributed by atoms with Gasteiger partial charge in [-0.2, -0.15) is 0 Å². The molecule has 1 aromatic heterocycles. The summed E-state index contributed by atoms with van der Waals surface area (Å²) in [7, 11) is 0. The molecule has 3 N–H and O–H groups in total. The average Bonchev–Trinajstić information content (AvgIpc) is 3.00. The number of halogens is 1. The van der Waals surface area contributed by atoms with Gasteiger partial charge in [0.2, 0.25) is 0 Å². The summed E-state index contributed by atoms with van der Waals surface area (Å²) in [6.45, 7) is 6.03. The molecule has 0 radical (unpaired) electrons. The summed E-state index contributed by atoms with van der Waals surface area (Å²) >= 11 is 1.63. The largest absolute Gasteiger partial charge is 0.386 e. The van der Waals surface area contributed by atoms with Gasteiger partial charge in [-0.25, -0.2) is 0 Å². The van der Waals surface area contributed by atoms with Crippen molar-refractivity contribution in [2.24, 2.45) is 4.99 Å². The molecule has 2 aromatic rings. The Labute approximate surface area is 165 Å². The number of fused-ring (bicyclic) bond motifs is 1. The second kappa shape index (κ2) is 11.4. The predicted molar refractivity (Wildman–Crippen MR) is 116 cm³/mol. The maximum absolute atomic E-state index is 10.4. The lowest BCUT2D eigenvalue weighted by molar-refractivity contribution is 0.191. The lowest BCUT2D eigenvalue weighted by Crippen LogP contribution is -2.38. The molecule has 0 aliphatic heterocycles. The molecule has 1 aromatic carbocycles. The number of allylic oxidation sites excluding steroid dienone is 1. The molecule has 0 saturated carbocycles. The van der Waals surface area contributed by atoms with Gasteiger partial charge in [0.25, 0.3) is 0 Å². The van der Waals surface area contributed by atoms with Crippen molar-refractivity contribution in [1.82, 2.24) is 10.6 Å². The molecule has 1 heterocycles. The van der Waals surface area contributed by atoms with E-state index in [4.69, 9.17) is 0 Å². The molecule has 0 aliphatic carbocycles. The standard InChI is InChI=1S/C18H25N3OS.HI/c1-3-5-8-11-20-18(19-4-2)21-13-15(22)17-12-14-9-6-7-10-16(14)23-17;/h3,5-7,9-10,12,15,22H,4,8,11,13H2,1-2H3,(H2,19,20,21);1H/b5-3+;. The second-order valence-corrected chi connectivity index (χ2v) is 6.32. The van der Waals surface area contributed by atoms with Crippen LogP contribution in [0.25, 0.3) is 10.1 Å². The molecule has 6 heteroatoms. The monoisotopic (exact) mass is 459 g/mol. The van der Waals surface area contributed by atoms with E-state index < -0.39 is 6.10 Å². The SMILES string of the molecule is C/C=C/CCNC(=NCC(O)c1cc2ccccc2s1)NCC.I. The van der Waals surface area contributed by atoms with E-state index in [1.54, 1.807) is 11.3 Å². The summed E-state index contributed by atoms with van der Waals surface area (Å²) in [4.78, 5) is 5.44. The van der Waals surface area contributed by atoms with E-state index in [-0.39, 0.29) is 24.0 Å². The van der Waals surface area contributed by atoms with E-state index in [2.05, 4.69) is 33.8 Å². The summed E-state index contributed by atoms with van der Waals surface area (Å²) in [6.07, 6.45) is 4.54. The fourth-order valence-corrected chi connectivity index (χ4v) is 3.26. The number of benzene rings is 1. The lowest BCUT2D eigenvalue weighted by atomic mass is 10.2. The lowest BCUT2D eigenvalue weighted by Gasteiger charge is -2.12. The average molecular weight is 459 g/mol. The van der Waals surface area contributed by atoms with Crippen molar-refractivity contribution in [2.45, 2.75) is 26.4 Å². The topological polar surface area (TPSA) is 56.7 Å². The normalized spacial score (nSPS) is 13.0. The summed E-state index contributed by atoms with van der Waals surface area (Å²) in [5.41, 5.74) is 0. The van der Waals surface area contributed by atoms with Gasteiger partial charge in [-0.05, 0) is 37.8 Å². The molecule has 0 saturated heterocycles. The van der Waals surface area contributed by atoms with Crippen LogP contribution in [-0.2, 0) is 0 Å². The molecular formula is C18H26IN3OS. The number of guanidine groups is 1. The molecule has 2 rings (SSSR count). The first kappa shape index (κ1) is 20.9.